The maximum atomic E-state index is 17.1. The molecule has 18 heteroatoms. The third kappa shape index (κ3) is 8.40. The van der Waals surface area contributed by atoms with E-state index in [9.17, 15) is 19.5 Å². The molecule has 6 aromatic rings. The SMILES string of the molecule is C#Cc1c(F)ccc2cc(O)cc(-c3ncc4c(N5CC6CCC(C5)N6)nc(OCC5(CN6CCN(CC7CCN(c8ccc9c(c8)n(C)c(=O)n9C8CCC(=O)NC8=O)CC7)CC6)CC5)nc4c3F)c12. The molecule has 3 unspecified atom stereocenters. The number of aromatic hydroxyl groups is 1. The summed E-state index contributed by atoms with van der Waals surface area (Å²) in [5, 5.41) is 17.9. The molecule has 71 heavy (non-hydrogen) atoms. The van der Waals surface area contributed by atoms with Crippen LogP contribution in [0.15, 0.2) is 53.5 Å². The van der Waals surface area contributed by atoms with Crippen molar-refractivity contribution in [2.24, 2.45) is 18.4 Å². The summed E-state index contributed by atoms with van der Waals surface area (Å²) in [7, 11) is 1.73. The molecule has 0 radical (unpaired) electrons. The Morgan fingerprint density at radius 3 is 2.38 bits per heavy atom. The zero-order valence-electron chi connectivity index (χ0n) is 39.8. The summed E-state index contributed by atoms with van der Waals surface area (Å²) in [6.07, 6.45) is 14.1. The van der Waals surface area contributed by atoms with E-state index < -0.39 is 23.6 Å². The smallest absolute Gasteiger partial charge is 0.329 e. The van der Waals surface area contributed by atoms with Crippen molar-refractivity contribution >= 4 is 56.0 Å². The van der Waals surface area contributed by atoms with Crippen LogP contribution in [0.3, 0.4) is 0 Å². The molecule has 5 aliphatic heterocycles. The summed E-state index contributed by atoms with van der Waals surface area (Å²) in [4.78, 5) is 61.7. The van der Waals surface area contributed by atoms with Gasteiger partial charge in [-0.15, -0.1) is 6.42 Å². The minimum atomic E-state index is -0.731. The van der Waals surface area contributed by atoms with Crippen LogP contribution in [0, 0.1) is 35.3 Å². The van der Waals surface area contributed by atoms with Crippen LogP contribution in [0.25, 0.3) is 44.0 Å². The van der Waals surface area contributed by atoms with Crippen LogP contribution in [0.1, 0.15) is 63.0 Å². The van der Waals surface area contributed by atoms with E-state index in [0.717, 1.165) is 102 Å². The summed E-state index contributed by atoms with van der Waals surface area (Å²) in [6.45, 7) is 9.54. The van der Waals surface area contributed by atoms with Crippen LogP contribution in [-0.2, 0) is 16.6 Å². The highest BCUT2D eigenvalue weighted by atomic mass is 19.1. The number of carbonyl (C=O) groups excluding carboxylic acids is 2. The number of phenols is 1. The third-order valence-electron chi connectivity index (χ3n) is 16.2. The number of benzene rings is 3. The second-order valence-corrected chi connectivity index (χ2v) is 20.9. The van der Waals surface area contributed by atoms with Crippen LogP contribution in [0.4, 0.5) is 20.3 Å². The number of piperazine rings is 2. The van der Waals surface area contributed by atoms with E-state index in [4.69, 9.17) is 21.1 Å². The number of hydrogen-bond acceptors (Lipinski definition) is 13. The summed E-state index contributed by atoms with van der Waals surface area (Å²) in [5.74, 6) is 1.34. The first-order chi connectivity index (χ1) is 34.4. The summed E-state index contributed by atoms with van der Waals surface area (Å²) in [5.41, 5.74) is 2.28. The number of aromatic nitrogens is 5. The van der Waals surface area contributed by atoms with Gasteiger partial charge >= 0.3 is 11.7 Å². The first-order valence-electron chi connectivity index (χ1n) is 25.1. The van der Waals surface area contributed by atoms with Crippen LogP contribution in [0.2, 0.25) is 0 Å². The van der Waals surface area contributed by atoms with E-state index in [1.54, 1.807) is 17.8 Å². The molecule has 3 aromatic carbocycles. The largest absolute Gasteiger partial charge is 0.508 e. The number of phenolic OH excluding ortho intramolecular Hbond substituents is 1. The van der Waals surface area contributed by atoms with Gasteiger partial charge in [0.15, 0.2) is 5.82 Å². The fourth-order valence-corrected chi connectivity index (χ4v) is 12.1. The molecule has 368 valence electrons. The lowest BCUT2D eigenvalue weighted by Crippen LogP contribution is -2.51. The normalized spacial score (nSPS) is 22.9. The number of nitrogens with one attached hydrogen (secondary N) is 2. The number of ether oxygens (including phenoxy) is 1. The number of fused-ring (bicyclic) bond motifs is 5. The lowest BCUT2D eigenvalue weighted by molar-refractivity contribution is -0.135. The Bertz CT molecular complexity index is 3230. The van der Waals surface area contributed by atoms with E-state index >= 15 is 8.78 Å². The van der Waals surface area contributed by atoms with E-state index in [2.05, 4.69) is 41.1 Å². The standard InChI is InChI=1S/C53H57F2N11O5/c1-3-37-40(54)8-4-32-22-36(67)24-38(45(32)37)47-46(55)48-39(25-56-47)49(65-27-33-5-6-34(28-65)57-33)60-51(59-48)71-30-53(14-15-53)29-63-20-18-62(19-21-63)26-31-12-16-64(17-13-31)35-7-9-41-43(23-35)61(2)52(70)66(41)42-10-11-44(68)58-50(42)69/h1,4,7-9,22-25,31,33-34,42,57,67H,5-6,10-21,26-30H2,2H3,(H,58,68,69). The zero-order valence-corrected chi connectivity index (χ0v) is 39.8. The van der Waals surface area contributed by atoms with Gasteiger partial charge in [-0.3, -0.25) is 29.0 Å². The number of amides is 2. The van der Waals surface area contributed by atoms with Gasteiger partial charge in [0.1, 0.15) is 34.6 Å². The van der Waals surface area contributed by atoms with Gasteiger partial charge in [0.25, 0.3) is 0 Å². The van der Waals surface area contributed by atoms with Gasteiger partial charge in [-0.1, -0.05) is 12.0 Å². The highest BCUT2D eigenvalue weighted by Gasteiger charge is 2.46. The number of piperidine rings is 2. The number of anilines is 2. The van der Waals surface area contributed by atoms with Gasteiger partial charge in [0, 0.05) is 119 Å². The molecular formula is C53H57F2N11O5. The van der Waals surface area contributed by atoms with Gasteiger partial charge < -0.3 is 34.8 Å². The van der Waals surface area contributed by atoms with Gasteiger partial charge in [-0.2, -0.15) is 9.97 Å². The van der Waals surface area contributed by atoms with Crippen molar-refractivity contribution in [3.05, 3.63) is 76.3 Å². The van der Waals surface area contributed by atoms with E-state index in [1.165, 1.54) is 28.8 Å². The van der Waals surface area contributed by atoms with Crippen LogP contribution in [0.5, 0.6) is 11.8 Å². The topological polar surface area (TPSA) is 166 Å². The van der Waals surface area contributed by atoms with Crippen molar-refractivity contribution in [1.29, 1.82) is 0 Å². The van der Waals surface area contributed by atoms with Crippen molar-refractivity contribution in [2.45, 2.75) is 69.5 Å². The van der Waals surface area contributed by atoms with Crippen molar-refractivity contribution in [2.75, 3.05) is 81.9 Å². The number of imidazole rings is 1. The number of terminal acetylenes is 1. The molecule has 16 nitrogen and oxygen atoms in total. The molecule has 3 N–H and O–H groups in total. The molecule has 2 amide bonds. The zero-order chi connectivity index (χ0) is 48.7. The third-order valence-corrected chi connectivity index (χ3v) is 16.2. The van der Waals surface area contributed by atoms with Crippen LogP contribution in [-0.4, -0.2) is 135 Å². The minimum Gasteiger partial charge on any atom is -0.508 e. The molecular weight excluding hydrogens is 909 g/mol. The first kappa shape index (κ1) is 45.5. The number of carbonyl (C=O) groups is 2. The summed E-state index contributed by atoms with van der Waals surface area (Å²) >= 11 is 0. The average Bonchev–Trinajstić information content (AvgIpc) is 3.99. The number of aryl methyl sites for hydroxylation is 1. The number of imide groups is 1. The number of nitrogens with zero attached hydrogens (tertiary/aromatic N) is 9. The fourth-order valence-electron chi connectivity index (χ4n) is 12.1. The number of rotatable bonds is 11. The van der Waals surface area contributed by atoms with E-state index in [-0.39, 0.29) is 62.9 Å². The Balaban J connectivity index is 0.694. The van der Waals surface area contributed by atoms with Crippen LogP contribution < -0.4 is 30.9 Å². The quantitative estimate of drug-likeness (QED) is 0.117. The predicted molar refractivity (Wildman–Crippen MR) is 266 cm³/mol. The van der Waals surface area contributed by atoms with Gasteiger partial charge in [0.05, 0.1) is 28.6 Å². The highest BCUT2D eigenvalue weighted by Crippen LogP contribution is 2.47. The molecule has 3 atom stereocenters. The Morgan fingerprint density at radius 1 is 0.887 bits per heavy atom. The number of pyridine rings is 1. The van der Waals surface area contributed by atoms with E-state index in [0.29, 0.717) is 66.2 Å². The van der Waals surface area contributed by atoms with Crippen molar-refractivity contribution in [3.63, 3.8) is 0 Å². The Hall–Kier alpha value is -6.68. The minimum absolute atomic E-state index is 0.0384. The average molecular weight is 966 g/mol. The van der Waals surface area contributed by atoms with Crippen molar-refractivity contribution in [1.82, 2.24) is 44.5 Å². The second-order valence-electron chi connectivity index (χ2n) is 20.9. The number of halogens is 2. The Morgan fingerprint density at radius 2 is 1.65 bits per heavy atom. The fraction of sp³-hybridized carbons (Fsp3) is 0.472. The predicted octanol–water partition coefficient (Wildman–Crippen LogP) is 5.08. The number of hydrogen-bond donors (Lipinski definition) is 3. The lowest BCUT2D eigenvalue weighted by atomic mass is 9.95. The monoisotopic (exact) mass is 965 g/mol. The van der Waals surface area contributed by atoms with Crippen LogP contribution >= 0.6 is 0 Å². The Labute approximate surface area is 409 Å². The summed E-state index contributed by atoms with van der Waals surface area (Å²) < 4.78 is 41.8. The molecule has 1 aliphatic carbocycles. The second kappa shape index (κ2) is 17.9. The maximum Gasteiger partial charge on any atom is 0.329 e. The molecule has 0 spiro atoms. The van der Waals surface area contributed by atoms with Gasteiger partial charge in [0.2, 0.25) is 11.8 Å². The molecule has 5 saturated heterocycles. The molecule has 6 aliphatic rings. The summed E-state index contributed by atoms with van der Waals surface area (Å²) in [6, 6.07) is 11.6. The molecule has 1 saturated carbocycles. The van der Waals surface area contributed by atoms with E-state index in [1.807, 2.05) is 18.2 Å². The molecule has 8 heterocycles. The van der Waals surface area contributed by atoms with Crippen molar-refractivity contribution < 1.29 is 28.2 Å². The molecule has 12 rings (SSSR count). The van der Waals surface area contributed by atoms with Gasteiger partial charge in [-0.25, -0.2) is 13.6 Å². The lowest BCUT2D eigenvalue weighted by Gasteiger charge is -2.40. The molecule has 3 aromatic heterocycles. The van der Waals surface area contributed by atoms with Gasteiger partial charge in [-0.05, 0) is 92.6 Å². The first-order valence-corrected chi connectivity index (χ1v) is 25.1. The highest BCUT2D eigenvalue weighted by molar-refractivity contribution is 6.03. The Kier molecular flexibility index (Phi) is 11.4. The molecule has 2 bridgehead atoms. The maximum absolute atomic E-state index is 17.1. The van der Waals surface area contributed by atoms with Crippen molar-refractivity contribution in [3.8, 4) is 35.4 Å². The molecule has 6 fully saturated rings.